The van der Waals surface area contributed by atoms with Gasteiger partial charge in [-0.05, 0) is 85.7 Å². The Balaban J connectivity index is 1.24. The molecule has 2 atom stereocenters. The van der Waals surface area contributed by atoms with Gasteiger partial charge in [-0.15, -0.1) is 0 Å². The summed E-state index contributed by atoms with van der Waals surface area (Å²) in [6.45, 7) is 3.26. The number of nitrogens with one attached hydrogen (secondary N) is 1. The first-order chi connectivity index (χ1) is 16.2. The minimum Gasteiger partial charge on any atom is -0.489 e. The molecule has 9 heteroatoms. The van der Waals surface area contributed by atoms with Crippen molar-refractivity contribution >= 4 is 16.1 Å². The van der Waals surface area contributed by atoms with E-state index in [-0.39, 0.29) is 43.9 Å². The van der Waals surface area contributed by atoms with Crippen LogP contribution in [0.4, 0.5) is 4.39 Å². The van der Waals surface area contributed by atoms with E-state index in [1.807, 2.05) is 4.72 Å². The maximum Gasteiger partial charge on any atom is 0.304 e. The number of hydrogen-bond acceptors (Lipinski definition) is 5. The third-order valence-electron chi connectivity index (χ3n) is 8.65. The van der Waals surface area contributed by atoms with E-state index in [1.165, 1.54) is 44.2 Å². The van der Waals surface area contributed by atoms with E-state index < -0.39 is 21.9 Å². The monoisotopic (exact) mass is 492 g/mol. The second-order valence-electron chi connectivity index (χ2n) is 11.5. The number of amides is 1. The van der Waals surface area contributed by atoms with Gasteiger partial charge in [0.1, 0.15) is 17.7 Å². The maximum absolute atomic E-state index is 15.2. The van der Waals surface area contributed by atoms with E-state index in [4.69, 9.17) is 9.47 Å². The molecule has 1 heterocycles. The lowest BCUT2D eigenvalue weighted by Gasteiger charge is -2.58. The zero-order valence-electron chi connectivity index (χ0n) is 19.6. The van der Waals surface area contributed by atoms with Crippen molar-refractivity contribution in [1.29, 1.82) is 0 Å². The molecule has 1 saturated heterocycles. The van der Waals surface area contributed by atoms with Gasteiger partial charge in [0.25, 0.3) is 5.91 Å². The highest BCUT2D eigenvalue weighted by Crippen LogP contribution is 2.60. The third kappa shape index (κ3) is 4.13. The second-order valence-corrected chi connectivity index (χ2v) is 13.1. The van der Waals surface area contributed by atoms with Crippen molar-refractivity contribution in [2.45, 2.75) is 63.9 Å². The first-order valence-corrected chi connectivity index (χ1v) is 14.0. The lowest BCUT2D eigenvalue weighted by atomic mass is 9.49. The summed E-state index contributed by atoms with van der Waals surface area (Å²) in [5, 5.41) is 0. The fraction of sp³-hybridized carbons (Fsp3) is 0.720. The SMILES string of the molecule is CC12CC3CC(C1)C(Oc1cc(F)c(C(=O)NS(=O)(=O)N4CCOCC4)cc1C1CC1)C(C3)C2. The van der Waals surface area contributed by atoms with Crippen LogP contribution in [-0.4, -0.2) is 51.0 Å². The molecule has 1 aromatic carbocycles. The Morgan fingerprint density at radius 2 is 1.82 bits per heavy atom. The number of rotatable bonds is 6. The van der Waals surface area contributed by atoms with Crippen molar-refractivity contribution in [3.05, 3.63) is 29.1 Å². The van der Waals surface area contributed by atoms with Crippen molar-refractivity contribution in [2.75, 3.05) is 26.3 Å². The fourth-order valence-electron chi connectivity index (χ4n) is 7.31. The molecular weight excluding hydrogens is 459 g/mol. The Morgan fingerprint density at radius 3 is 2.44 bits per heavy atom. The van der Waals surface area contributed by atoms with Gasteiger partial charge < -0.3 is 9.47 Å². The summed E-state index contributed by atoms with van der Waals surface area (Å²) in [5.41, 5.74) is 1.01. The third-order valence-corrected chi connectivity index (χ3v) is 10.1. The molecule has 7 rings (SSSR count). The van der Waals surface area contributed by atoms with Crippen LogP contribution in [0.15, 0.2) is 12.1 Å². The highest BCUT2D eigenvalue weighted by molar-refractivity contribution is 7.87. The highest BCUT2D eigenvalue weighted by atomic mass is 32.2. The minimum absolute atomic E-state index is 0.0999. The van der Waals surface area contributed by atoms with Gasteiger partial charge in [0.2, 0.25) is 0 Å². The number of hydrogen-bond donors (Lipinski definition) is 1. The van der Waals surface area contributed by atoms with Crippen LogP contribution in [0, 0.1) is 29.0 Å². The number of halogens is 1. The highest BCUT2D eigenvalue weighted by Gasteiger charge is 2.54. The lowest BCUT2D eigenvalue weighted by Crippen LogP contribution is -2.54. The Labute approximate surface area is 200 Å². The number of morpholine rings is 1. The molecule has 0 spiro atoms. The lowest BCUT2D eigenvalue weighted by molar-refractivity contribution is -0.117. The van der Waals surface area contributed by atoms with Crippen molar-refractivity contribution in [3.63, 3.8) is 0 Å². The molecular formula is C25H33FN2O5S. The predicted molar refractivity (Wildman–Crippen MR) is 123 cm³/mol. The van der Waals surface area contributed by atoms with Crippen LogP contribution in [0.3, 0.4) is 0 Å². The van der Waals surface area contributed by atoms with Crippen molar-refractivity contribution in [3.8, 4) is 5.75 Å². The summed E-state index contributed by atoms with van der Waals surface area (Å²) in [4.78, 5) is 12.8. The van der Waals surface area contributed by atoms with Gasteiger partial charge in [-0.2, -0.15) is 12.7 Å². The summed E-state index contributed by atoms with van der Waals surface area (Å²) in [5.74, 6) is 0.884. The topological polar surface area (TPSA) is 84.9 Å². The number of carbonyl (C=O) groups is 1. The normalized spacial score (nSPS) is 35.4. The number of carbonyl (C=O) groups excluding carboxylic acids is 1. The first kappa shape index (κ1) is 22.7. The van der Waals surface area contributed by atoms with Crippen LogP contribution < -0.4 is 9.46 Å². The van der Waals surface area contributed by atoms with Crippen LogP contribution in [0.5, 0.6) is 5.75 Å². The summed E-state index contributed by atoms with van der Waals surface area (Å²) in [6.07, 6.45) is 8.08. The van der Waals surface area contributed by atoms with E-state index in [0.29, 0.717) is 23.0 Å². The van der Waals surface area contributed by atoms with Gasteiger partial charge in [0.05, 0.1) is 18.8 Å². The number of benzene rings is 1. The quantitative estimate of drug-likeness (QED) is 0.656. The molecule has 1 amide bonds. The Hall–Kier alpha value is -1.71. The Morgan fingerprint density at radius 1 is 1.15 bits per heavy atom. The first-order valence-electron chi connectivity index (χ1n) is 12.6. The molecule has 1 aromatic rings. The van der Waals surface area contributed by atoms with E-state index in [1.54, 1.807) is 0 Å². The van der Waals surface area contributed by atoms with Crippen molar-refractivity contribution < 1.29 is 27.1 Å². The summed E-state index contributed by atoms with van der Waals surface area (Å²) in [7, 11) is -4.06. The number of ether oxygens (including phenoxy) is 2. The summed E-state index contributed by atoms with van der Waals surface area (Å²) >= 11 is 0. The Kier molecular flexibility index (Phi) is 5.46. The van der Waals surface area contributed by atoms with E-state index >= 15 is 4.39 Å². The zero-order chi connectivity index (χ0) is 23.7. The largest absolute Gasteiger partial charge is 0.489 e. The van der Waals surface area contributed by atoms with Gasteiger partial charge >= 0.3 is 10.2 Å². The van der Waals surface area contributed by atoms with Crippen molar-refractivity contribution in [1.82, 2.24) is 9.03 Å². The average molecular weight is 493 g/mol. The predicted octanol–water partition coefficient (Wildman–Crippen LogP) is 3.60. The minimum atomic E-state index is -4.06. The average Bonchev–Trinajstić information content (AvgIpc) is 3.61. The Bertz CT molecular complexity index is 1080. The van der Waals surface area contributed by atoms with E-state index in [0.717, 1.165) is 28.6 Å². The van der Waals surface area contributed by atoms with E-state index in [2.05, 4.69) is 6.92 Å². The zero-order valence-corrected chi connectivity index (χ0v) is 20.4. The van der Waals surface area contributed by atoms with Crippen LogP contribution >= 0.6 is 0 Å². The van der Waals surface area contributed by atoms with Crippen LogP contribution in [0.1, 0.15) is 73.7 Å². The van der Waals surface area contributed by atoms with Crippen molar-refractivity contribution in [2.24, 2.45) is 23.2 Å². The van der Waals surface area contributed by atoms with Gasteiger partial charge in [0, 0.05) is 19.2 Å². The fourth-order valence-corrected chi connectivity index (χ4v) is 8.41. The maximum atomic E-state index is 15.2. The van der Waals surface area contributed by atoms with Crippen LogP contribution in [0.2, 0.25) is 0 Å². The molecule has 34 heavy (non-hydrogen) atoms. The van der Waals surface area contributed by atoms with Gasteiger partial charge in [-0.25, -0.2) is 9.11 Å². The molecule has 6 fully saturated rings. The molecule has 2 unspecified atom stereocenters. The summed E-state index contributed by atoms with van der Waals surface area (Å²) < 4.78 is 55.3. The standard InChI is InChI=1S/C25H33FN2O5S/c1-25-12-15-8-17(13-25)23(18(9-15)14-25)33-22-11-21(26)20(10-19(22)16-2-3-16)24(29)27-34(30,31)28-4-6-32-7-5-28/h10-11,15-18,23H,2-9,12-14H2,1H3,(H,27,29). The number of nitrogens with zero attached hydrogens (tertiary/aromatic N) is 1. The molecule has 5 saturated carbocycles. The molecule has 1 N–H and O–H groups in total. The van der Waals surface area contributed by atoms with E-state index in [9.17, 15) is 13.2 Å². The second kappa shape index (κ2) is 8.17. The van der Waals surface area contributed by atoms with Crippen LogP contribution in [-0.2, 0) is 14.9 Å². The van der Waals surface area contributed by atoms with Gasteiger partial charge in [-0.3, -0.25) is 4.79 Å². The molecule has 0 aromatic heterocycles. The summed E-state index contributed by atoms with van der Waals surface area (Å²) in [6, 6.07) is 2.83. The van der Waals surface area contributed by atoms with Crippen LogP contribution in [0.25, 0.3) is 0 Å². The van der Waals surface area contributed by atoms with Gasteiger partial charge in [-0.1, -0.05) is 6.92 Å². The molecule has 186 valence electrons. The molecule has 6 aliphatic rings. The molecule has 5 aliphatic carbocycles. The smallest absolute Gasteiger partial charge is 0.304 e. The molecule has 4 bridgehead atoms. The molecule has 0 radical (unpaired) electrons. The van der Waals surface area contributed by atoms with Gasteiger partial charge in [0.15, 0.2) is 0 Å². The molecule has 1 aliphatic heterocycles. The molecule has 7 nitrogen and oxygen atoms in total.